The molecule has 1 aliphatic carbocycles. The topological polar surface area (TPSA) is 46.5 Å². The molecule has 0 spiro atoms. The van der Waals surface area contributed by atoms with Gasteiger partial charge in [-0.25, -0.2) is 0 Å². The maximum atomic E-state index is 11.1. The van der Waals surface area contributed by atoms with Crippen molar-refractivity contribution in [1.29, 1.82) is 0 Å². The van der Waals surface area contributed by atoms with E-state index in [1.807, 2.05) is 0 Å². The number of carboxylic acid groups (broad SMARTS) is 1. The van der Waals surface area contributed by atoms with E-state index in [0.717, 1.165) is 19.3 Å². The highest BCUT2D eigenvalue weighted by Gasteiger charge is 2.43. The van der Waals surface area contributed by atoms with E-state index >= 15 is 0 Å². The molecular weight excluding hydrogens is 220 g/mol. The Balaban J connectivity index is 2.70. The average Bonchev–Trinajstić information content (AvgIpc) is 2.49. The molecule has 1 aliphatic rings. The molecule has 0 unspecified atom stereocenters. The third kappa shape index (κ3) is 2.86. The van der Waals surface area contributed by atoms with Crippen molar-refractivity contribution in [2.45, 2.75) is 64.3 Å². The number of aliphatic carboxylic acids is 1. The number of carboxylic acids is 1. The number of hydrogen-bond donors (Lipinski definition) is 1. The van der Waals surface area contributed by atoms with Crippen molar-refractivity contribution in [1.82, 2.24) is 0 Å². The van der Waals surface area contributed by atoms with Gasteiger partial charge in [0.15, 0.2) is 8.32 Å². The fourth-order valence-electron chi connectivity index (χ4n) is 1.90. The second-order valence-electron chi connectivity index (χ2n) is 6.29. The molecule has 3 nitrogen and oxygen atoms in total. The largest absolute Gasteiger partial charge is 0.481 e. The number of rotatable bonds is 3. The minimum absolute atomic E-state index is 0.0570. The smallest absolute Gasteiger partial charge is 0.309 e. The molecule has 1 rings (SSSR count). The van der Waals surface area contributed by atoms with Gasteiger partial charge in [0.2, 0.25) is 0 Å². The van der Waals surface area contributed by atoms with Crippen LogP contribution in [-0.4, -0.2) is 25.5 Å². The van der Waals surface area contributed by atoms with E-state index in [-0.39, 0.29) is 17.1 Å². The molecule has 0 aromatic rings. The van der Waals surface area contributed by atoms with E-state index < -0.39 is 14.3 Å². The van der Waals surface area contributed by atoms with Gasteiger partial charge in [0.1, 0.15) is 0 Å². The highest BCUT2D eigenvalue weighted by Crippen LogP contribution is 2.40. The molecule has 16 heavy (non-hydrogen) atoms. The van der Waals surface area contributed by atoms with Crippen molar-refractivity contribution in [3.8, 4) is 0 Å². The Morgan fingerprint density at radius 2 is 1.88 bits per heavy atom. The first kappa shape index (κ1) is 13.7. The number of carbonyl (C=O) groups is 1. The lowest BCUT2D eigenvalue weighted by atomic mass is 10.1. The van der Waals surface area contributed by atoms with Crippen molar-refractivity contribution >= 4 is 14.3 Å². The summed E-state index contributed by atoms with van der Waals surface area (Å²) in [6.45, 7) is 10.9. The Bertz CT molecular complexity index is 268. The van der Waals surface area contributed by atoms with Crippen LogP contribution in [0.5, 0.6) is 0 Å². The minimum atomic E-state index is -1.82. The zero-order valence-electron chi connectivity index (χ0n) is 11.0. The SMILES string of the molecule is CC(C)(C)[Si](C)(C)O[C@H]1CCC[C@H]1C(=O)O. The highest BCUT2D eigenvalue weighted by atomic mass is 28.4. The lowest BCUT2D eigenvalue weighted by Crippen LogP contribution is -2.45. The monoisotopic (exact) mass is 244 g/mol. The van der Waals surface area contributed by atoms with Gasteiger partial charge in [0, 0.05) is 0 Å². The Morgan fingerprint density at radius 1 is 1.31 bits per heavy atom. The molecule has 1 N–H and O–H groups in total. The molecule has 0 heterocycles. The second-order valence-corrected chi connectivity index (χ2v) is 11.0. The van der Waals surface area contributed by atoms with Crippen LogP contribution in [0.25, 0.3) is 0 Å². The average molecular weight is 244 g/mol. The molecule has 0 aromatic heterocycles. The van der Waals surface area contributed by atoms with Gasteiger partial charge in [-0.05, 0) is 37.4 Å². The van der Waals surface area contributed by atoms with Crippen molar-refractivity contribution in [2.75, 3.05) is 0 Å². The van der Waals surface area contributed by atoms with Gasteiger partial charge < -0.3 is 9.53 Å². The van der Waals surface area contributed by atoms with Gasteiger partial charge in [-0.15, -0.1) is 0 Å². The standard InChI is InChI=1S/C12H24O3Si/c1-12(2,3)16(4,5)15-10-8-6-7-9(10)11(13)14/h9-10H,6-8H2,1-5H3,(H,13,14)/t9-,10+/m1/s1. The summed E-state index contributed by atoms with van der Waals surface area (Å²) >= 11 is 0. The predicted molar refractivity (Wildman–Crippen MR) is 67.0 cm³/mol. The highest BCUT2D eigenvalue weighted by molar-refractivity contribution is 6.74. The predicted octanol–water partition coefficient (Wildman–Crippen LogP) is 3.26. The zero-order valence-corrected chi connectivity index (χ0v) is 12.0. The molecule has 0 amide bonds. The second kappa shape index (κ2) is 4.49. The van der Waals surface area contributed by atoms with Crippen LogP contribution in [0.3, 0.4) is 0 Å². The molecule has 2 atom stereocenters. The van der Waals surface area contributed by atoms with Gasteiger partial charge in [0.05, 0.1) is 12.0 Å². The number of hydrogen-bond acceptors (Lipinski definition) is 2. The van der Waals surface area contributed by atoms with Crippen molar-refractivity contribution < 1.29 is 14.3 Å². The molecule has 1 fully saturated rings. The van der Waals surface area contributed by atoms with Crippen molar-refractivity contribution in [2.24, 2.45) is 5.92 Å². The van der Waals surface area contributed by atoms with Crippen LogP contribution in [0.4, 0.5) is 0 Å². The summed E-state index contributed by atoms with van der Waals surface area (Å²) in [5.41, 5.74) is 0. The molecule has 94 valence electrons. The summed E-state index contributed by atoms with van der Waals surface area (Å²) in [5.74, 6) is -0.977. The van der Waals surface area contributed by atoms with Gasteiger partial charge in [-0.2, -0.15) is 0 Å². The first-order valence-electron chi connectivity index (χ1n) is 6.06. The third-order valence-corrected chi connectivity index (χ3v) is 8.53. The molecule has 0 bridgehead atoms. The van der Waals surface area contributed by atoms with Gasteiger partial charge in [-0.1, -0.05) is 20.8 Å². The zero-order chi connectivity index (χ0) is 12.6. The minimum Gasteiger partial charge on any atom is -0.481 e. The molecular formula is C12H24O3Si. The van der Waals surface area contributed by atoms with Crippen LogP contribution < -0.4 is 0 Å². The van der Waals surface area contributed by atoms with E-state index in [9.17, 15) is 4.79 Å². The van der Waals surface area contributed by atoms with Crippen LogP contribution in [0.15, 0.2) is 0 Å². The van der Waals surface area contributed by atoms with Gasteiger partial charge in [0.25, 0.3) is 0 Å². The van der Waals surface area contributed by atoms with E-state index in [0.29, 0.717) is 0 Å². The lowest BCUT2D eigenvalue weighted by molar-refractivity contribution is -0.144. The fraction of sp³-hybridized carbons (Fsp3) is 0.917. The summed E-state index contributed by atoms with van der Waals surface area (Å²) in [6.07, 6.45) is 2.60. The maximum Gasteiger partial charge on any atom is 0.309 e. The Kier molecular flexibility index (Phi) is 3.85. The molecule has 4 heteroatoms. The van der Waals surface area contributed by atoms with E-state index in [1.54, 1.807) is 0 Å². The molecule has 1 saturated carbocycles. The van der Waals surface area contributed by atoms with E-state index in [1.165, 1.54) is 0 Å². The Morgan fingerprint density at radius 3 is 2.31 bits per heavy atom. The Hall–Kier alpha value is -0.353. The lowest BCUT2D eigenvalue weighted by Gasteiger charge is -2.39. The van der Waals surface area contributed by atoms with Gasteiger partial charge >= 0.3 is 5.97 Å². The molecule has 0 aliphatic heterocycles. The van der Waals surface area contributed by atoms with Crippen LogP contribution >= 0.6 is 0 Å². The van der Waals surface area contributed by atoms with Crippen LogP contribution in [0.2, 0.25) is 18.1 Å². The molecule has 0 aromatic carbocycles. The summed E-state index contributed by atoms with van der Waals surface area (Å²) in [4.78, 5) is 11.1. The normalized spacial score (nSPS) is 27.1. The summed E-state index contributed by atoms with van der Waals surface area (Å²) in [7, 11) is -1.82. The molecule has 0 saturated heterocycles. The van der Waals surface area contributed by atoms with Crippen molar-refractivity contribution in [3.63, 3.8) is 0 Å². The van der Waals surface area contributed by atoms with Crippen molar-refractivity contribution in [3.05, 3.63) is 0 Å². The quantitative estimate of drug-likeness (QED) is 0.775. The van der Waals surface area contributed by atoms with E-state index in [2.05, 4.69) is 33.9 Å². The Labute approximate surface area is 99.3 Å². The summed E-state index contributed by atoms with van der Waals surface area (Å²) in [5, 5.41) is 9.27. The first-order chi connectivity index (χ1) is 7.15. The maximum absolute atomic E-state index is 11.1. The summed E-state index contributed by atoms with van der Waals surface area (Å²) in [6, 6.07) is 0. The third-order valence-electron chi connectivity index (χ3n) is 4.02. The van der Waals surface area contributed by atoms with Crippen LogP contribution in [0.1, 0.15) is 40.0 Å². The van der Waals surface area contributed by atoms with Crippen LogP contribution in [0, 0.1) is 5.92 Å². The van der Waals surface area contributed by atoms with Crippen LogP contribution in [-0.2, 0) is 9.22 Å². The fourth-order valence-corrected chi connectivity index (χ4v) is 3.30. The summed E-state index contributed by atoms with van der Waals surface area (Å²) < 4.78 is 6.20. The van der Waals surface area contributed by atoms with Gasteiger partial charge in [-0.3, -0.25) is 4.79 Å². The van der Waals surface area contributed by atoms with E-state index in [4.69, 9.17) is 9.53 Å². The molecule has 0 radical (unpaired) electrons. The first-order valence-corrected chi connectivity index (χ1v) is 8.96.